The van der Waals surface area contributed by atoms with E-state index in [2.05, 4.69) is 0 Å². The topological polar surface area (TPSA) is 57.7 Å². The van der Waals surface area contributed by atoms with Crippen LogP contribution >= 0.6 is 11.6 Å². The molecular weight excluding hydrogens is 396 g/mol. The third-order valence-electron chi connectivity index (χ3n) is 5.60. The number of carbonyl (C=O) groups excluding carboxylic acids is 1. The van der Waals surface area contributed by atoms with Crippen LogP contribution in [0.4, 0.5) is 0 Å². The van der Waals surface area contributed by atoms with E-state index in [4.69, 9.17) is 11.6 Å². The molecule has 1 aliphatic heterocycles. The van der Waals surface area contributed by atoms with Gasteiger partial charge >= 0.3 is 0 Å². The predicted molar refractivity (Wildman–Crippen MR) is 109 cm³/mol. The lowest BCUT2D eigenvalue weighted by Gasteiger charge is -2.34. The number of sulfonamides is 1. The molecule has 2 aliphatic rings. The maximum absolute atomic E-state index is 13.0. The van der Waals surface area contributed by atoms with Crippen molar-refractivity contribution < 1.29 is 13.2 Å². The number of amides is 1. The average molecular weight is 419 g/mol. The third-order valence-corrected chi connectivity index (χ3v) is 7.86. The van der Waals surface area contributed by atoms with E-state index in [9.17, 15) is 13.2 Å². The average Bonchev–Trinajstić information content (AvgIpc) is 3.17. The molecule has 2 aromatic carbocycles. The van der Waals surface area contributed by atoms with Crippen molar-refractivity contribution in [1.82, 2.24) is 9.21 Å². The molecule has 0 spiro atoms. The lowest BCUT2D eigenvalue weighted by molar-refractivity contribution is -0.131. The van der Waals surface area contributed by atoms with E-state index in [1.165, 1.54) is 9.87 Å². The number of hydrogen-bond acceptors (Lipinski definition) is 3. The van der Waals surface area contributed by atoms with Crippen molar-refractivity contribution in [3.05, 3.63) is 64.2 Å². The van der Waals surface area contributed by atoms with Crippen LogP contribution in [0.5, 0.6) is 0 Å². The van der Waals surface area contributed by atoms with Crippen LogP contribution in [0.25, 0.3) is 0 Å². The summed E-state index contributed by atoms with van der Waals surface area (Å²) < 4.78 is 27.5. The Bertz CT molecular complexity index is 998. The second-order valence-electron chi connectivity index (χ2n) is 7.34. The van der Waals surface area contributed by atoms with Gasteiger partial charge in [-0.15, -0.1) is 0 Å². The zero-order valence-corrected chi connectivity index (χ0v) is 17.2. The first kappa shape index (κ1) is 19.4. The summed E-state index contributed by atoms with van der Waals surface area (Å²) in [6.45, 7) is 1.42. The van der Waals surface area contributed by atoms with Crippen molar-refractivity contribution in [2.45, 2.75) is 30.6 Å². The summed E-state index contributed by atoms with van der Waals surface area (Å²) in [6, 6.07) is 12.8. The van der Waals surface area contributed by atoms with Crippen LogP contribution in [0.15, 0.2) is 47.4 Å². The van der Waals surface area contributed by atoms with Crippen LogP contribution in [-0.2, 0) is 34.1 Å². The van der Waals surface area contributed by atoms with Gasteiger partial charge in [-0.3, -0.25) is 4.79 Å². The summed E-state index contributed by atoms with van der Waals surface area (Å²) >= 11 is 6.14. The minimum Gasteiger partial charge on any atom is -0.340 e. The Morgan fingerprint density at radius 2 is 1.68 bits per heavy atom. The maximum atomic E-state index is 13.0. The van der Waals surface area contributed by atoms with E-state index in [0.29, 0.717) is 36.1 Å². The smallest absolute Gasteiger partial charge is 0.243 e. The Balaban J connectivity index is 1.41. The van der Waals surface area contributed by atoms with Gasteiger partial charge in [-0.2, -0.15) is 4.31 Å². The highest BCUT2D eigenvalue weighted by atomic mass is 35.5. The number of benzene rings is 2. The second kappa shape index (κ2) is 7.85. The fourth-order valence-electron chi connectivity index (χ4n) is 3.95. The summed E-state index contributed by atoms with van der Waals surface area (Å²) in [4.78, 5) is 14.7. The van der Waals surface area contributed by atoms with Gasteiger partial charge in [-0.1, -0.05) is 35.9 Å². The molecule has 0 atom stereocenters. The van der Waals surface area contributed by atoms with Crippen molar-refractivity contribution in [3.8, 4) is 0 Å². The summed E-state index contributed by atoms with van der Waals surface area (Å²) in [7, 11) is -3.52. The Morgan fingerprint density at radius 1 is 0.964 bits per heavy atom. The predicted octanol–water partition coefficient (Wildman–Crippen LogP) is 2.90. The van der Waals surface area contributed by atoms with Crippen LogP contribution < -0.4 is 0 Å². The Labute approximate surface area is 171 Å². The normalized spacial score (nSPS) is 17.5. The van der Waals surface area contributed by atoms with Gasteiger partial charge in [-0.05, 0) is 54.2 Å². The number of nitrogens with zero attached hydrogens (tertiary/aromatic N) is 2. The first-order chi connectivity index (χ1) is 13.4. The fraction of sp³-hybridized carbons (Fsp3) is 0.381. The van der Waals surface area contributed by atoms with Crippen molar-refractivity contribution in [2.24, 2.45) is 0 Å². The number of rotatable bonds is 4. The molecule has 1 saturated heterocycles. The number of aryl methyl sites for hydroxylation is 2. The lowest BCUT2D eigenvalue weighted by Crippen LogP contribution is -2.50. The molecule has 0 N–H and O–H groups in total. The summed E-state index contributed by atoms with van der Waals surface area (Å²) in [6.07, 6.45) is 3.30. The van der Waals surface area contributed by atoms with Crippen LogP contribution in [0.2, 0.25) is 5.02 Å². The van der Waals surface area contributed by atoms with E-state index in [1.807, 2.05) is 30.3 Å². The Morgan fingerprint density at radius 3 is 2.43 bits per heavy atom. The quantitative estimate of drug-likeness (QED) is 0.767. The molecule has 148 valence electrons. The minimum absolute atomic E-state index is 0.0253. The first-order valence-corrected chi connectivity index (χ1v) is 11.4. The standard InChI is InChI=1S/C21H23ClN2O3S/c22-20-7-2-1-4-18(20)15-21(25)23-10-12-24(13-11-23)28(26,27)19-9-8-16-5-3-6-17(16)14-19/h1-2,4,7-9,14H,3,5-6,10-13,15H2. The summed E-state index contributed by atoms with van der Waals surface area (Å²) in [5.41, 5.74) is 3.20. The molecule has 7 heteroatoms. The Hall–Kier alpha value is -1.89. The third kappa shape index (κ3) is 3.81. The Kier molecular flexibility index (Phi) is 5.45. The van der Waals surface area contributed by atoms with Crippen molar-refractivity contribution in [1.29, 1.82) is 0 Å². The van der Waals surface area contributed by atoms with Crippen molar-refractivity contribution >= 4 is 27.5 Å². The van der Waals surface area contributed by atoms with Gasteiger partial charge in [0.15, 0.2) is 0 Å². The van der Waals surface area contributed by atoms with E-state index in [1.54, 1.807) is 17.0 Å². The van der Waals surface area contributed by atoms with Crippen molar-refractivity contribution in [2.75, 3.05) is 26.2 Å². The maximum Gasteiger partial charge on any atom is 0.243 e. The van der Waals surface area contributed by atoms with Gasteiger partial charge < -0.3 is 4.90 Å². The minimum atomic E-state index is -3.52. The molecule has 0 radical (unpaired) electrons. The zero-order chi connectivity index (χ0) is 19.7. The van der Waals surface area contributed by atoms with E-state index < -0.39 is 10.0 Å². The largest absolute Gasteiger partial charge is 0.340 e. The van der Waals surface area contributed by atoms with Gasteiger partial charge in [0.1, 0.15) is 0 Å². The molecule has 1 heterocycles. The van der Waals surface area contributed by atoms with Crippen LogP contribution in [0, 0.1) is 0 Å². The summed E-state index contributed by atoms with van der Waals surface area (Å²) in [5, 5.41) is 0.577. The second-order valence-corrected chi connectivity index (χ2v) is 9.68. The zero-order valence-electron chi connectivity index (χ0n) is 15.6. The van der Waals surface area contributed by atoms with Crippen LogP contribution in [-0.4, -0.2) is 49.7 Å². The molecule has 1 aliphatic carbocycles. The van der Waals surface area contributed by atoms with Gasteiger partial charge in [-0.25, -0.2) is 8.42 Å². The lowest BCUT2D eigenvalue weighted by atomic mass is 10.1. The number of fused-ring (bicyclic) bond motifs is 1. The molecule has 28 heavy (non-hydrogen) atoms. The van der Waals surface area contributed by atoms with Gasteiger partial charge in [0, 0.05) is 31.2 Å². The molecule has 4 rings (SSSR count). The van der Waals surface area contributed by atoms with E-state index in [-0.39, 0.29) is 12.3 Å². The van der Waals surface area contributed by atoms with E-state index >= 15 is 0 Å². The molecule has 0 saturated carbocycles. The molecule has 0 bridgehead atoms. The highest BCUT2D eigenvalue weighted by molar-refractivity contribution is 7.89. The first-order valence-electron chi connectivity index (χ1n) is 9.58. The molecular formula is C21H23ClN2O3S. The SMILES string of the molecule is O=C(Cc1ccccc1Cl)N1CCN(S(=O)(=O)c2ccc3c(c2)CCC3)CC1. The van der Waals surface area contributed by atoms with Gasteiger partial charge in [0.05, 0.1) is 11.3 Å². The molecule has 0 unspecified atom stereocenters. The molecule has 0 aromatic heterocycles. The number of carbonyl (C=O) groups is 1. The van der Waals surface area contributed by atoms with Gasteiger partial charge in [0.25, 0.3) is 0 Å². The van der Waals surface area contributed by atoms with Gasteiger partial charge in [0.2, 0.25) is 15.9 Å². The fourth-order valence-corrected chi connectivity index (χ4v) is 5.63. The molecule has 2 aromatic rings. The number of hydrogen-bond donors (Lipinski definition) is 0. The van der Waals surface area contributed by atoms with Crippen LogP contribution in [0.1, 0.15) is 23.1 Å². The number of piperazine rings is 1. The van der Waals surface area contributed by atoms with Crippen molar-refractivity contribution in [3.63, 3.8) is 0 Å². The molecule has 1 fully saturated rings. The highest BCUT2D eigenvalue weighted by Crippen LogP contribution is 2.27. The summed E-state index contributed by atoms with van der Waals surface area (Å²) in [5.74, 6) is -0.0253. The van der Waals surface area contributed by atoms with Crippen LogP contribution in [0.3, 0.4) is 0 Å². The monoisotopic (exact) mass is 418 g/mol. The molecule has 5 nitrogen and oxygen atoms in total. The highest BCUT2D eigenvalue weighted by Gasteiger charge is 2.30. The number of halogens is 1. The molecule has 1 amide bonds. The van der Waals surface area contributed by atoms with E-state index in [0.717, 1.165) is 30.4 Å².